The lowest BCUT2D eigenvalue weighted by molar-refractivity contribution is -0.131. The Morgan fingerprint density at radius 1 is 0.673 bits per heavy atom. The highest BCUT2D eigenvalue weighted by Crippen LogP contribution is 2.21. The minimum Gasteiger partial charge on any atom is -0.444 e. The van der Waals surface area contributed by atoms with E-state index >= 15 is 0 Å². The number of nitrogens with zero attached hydrogens (tertiary/aromatic N) is 4. The van der Waals surface area contributed by atoms with E-state index in [4.69, 9.17) is 10.5 Å². The molecule has 5 rings (SSSR count). The number of likely N-dealkylation sites (tertiary alicyclic amines) is 3. The van der Waals surface area contributed by atoms with Crippen molar-refractivity contribution >= 4 is 23.8 Å². The normalized spacial score (nSPS) is 17.0. The molecule has 2 aromatic rings. The molecule has 0 unspecified atom stereocenters. The zero-order valence-corrected chi connectivity index (χ0v) is 34.6. The van der Waals surface area contributed by atoms with Crippen LogP contribution >= 0.6 is 0 Å². The van der Waals surface area contributed by atoms with Gasteiger partial charge in [0.05, 0.1) is 0 Å². The summed E-state index contributed by atoms with van der Waals surface area (Å²) in [4.78, 5) is 53.8. The number of nitrogens with two attached hydrogens (primary N) is 1. The summed E-state index contributed by atoms with van der Waals surface area (Å²) < 4.78 is 5.64. The lowest BCUT2D eigenvalue weighted by Gasteiger charge is -2.38. The molecule has 3 heterocycles. The second-order valence-corrected chi connectivity index (χ2v) is 16.2. The third kappa shape index (κ3) is 18.0. The molecule has 306 valence electrons. The lowest BCUT2D eigenvalue weighted by Crippen LogP contribution is -2.50. The molecule has 3 aliphatic rings. The first-order valence-electron chi connectivity index (χ1n) is 20.5. The topological polar surface area (TPSA) is 129 Å². The van der Waals surface area contributed by atoms with Gasteiger partial charge in [0, 0.05) is 84.7 Å². The smallest absolute Gasteiger partial charge is 0.410 e. The van der Waals surface area contributed by atoms with E-state index in [1.807, 2.05) is 58.6 Å². The van der Waals surface area contributed by atoms with E-state index in [1.54, 1.807) is 20.8 Å². The second kappa shape index (κ2) is 23.8. The second-order valence-electron chi connectivity index (χ2n) is 16.2. The van der Waals surface area contributed by atoms with Crippen LogP contribution in [-0.2, 0) is 32.0 Å². The monoisotopic (exact) mass is 763 g/mol. The summed E-state index contributed by atoms with van der Waals surface area (Å²) in [6, 6.07) is 22.0. The molecule has 11 heteroatoms. The van der Waals surface area contributed by atoms with Crippen molar-refractivity contribution in [2.75, 3.05) is 52.4 Å². The van der Waals surface area contributed by atoms with E-state index in [-0.39, 0.29) is 29.9 Å². The molecular formula is C44H70N6O5. The first-order valence-corrected chi connectivity index (χ1v) is 20.5. The van der Waals surface area contributed by atoms with Crippen molar-refractivity contribution in [2.24, 2.45) is 5.73 Å². The van der Waals surface area contributed by atoms with Crippen LogP contribution in [-0.4, -0.2) is 119 Å². The number of amides is 4. The van der Waals surface area contributed by atoms with Crippen molar-refractivity contribution in [2.45, 2.75) is 129 Å². The third-order valence-electron chi connectivity index (χ3n) is 10.5. The standard InChI is InChI=1S/C21H32N2O3.C16H24N2O.C7H14N2O/c1-17(24)22-15-12-19(13-16-22)23(20(25)26-21(2,3)4)14-8-11-18-9-6-5-7-10-18;1-14(19)18-12-9-16(10-13-18)17-11-5-8-15-6-3-2-4-7-15;1-6(10)9-4-2-7(8)3-5-9/h5-7,9-10,19H,8,11-16H2,1-4H3;2-4,6-7,16-17H,5,8-13H2,1H3;7H,2-5,8H2,1H3. The molecule has 0 aliphatic carbocycles. The Labute approximate surface area is 331 Å². The quantitative estimate of drug-likeness (QED) is 0.283. The van der Waals surface area contributed by atoms with Crippen molar-refractivity contribution in [3.63, 3.8) is 0 Å². The van der Waals surface area contributed by atoms with Crippen molar-refractivity contribution in [1.82, 2.24) is 24.9 Å². The van der Waals surface area contributed by atoms with E-state index in [2.05, 4.69) is 47.8 Å². The number of rotatable bonds is 10. The number of aryl methyl sites for hydroxylation is 2. The van der Waals surface area contributed by atoms with Crippen LogP contribution in [0.4, 0.5) is 4.79 Å². The van der Waals surface area contributed by atoms with E-state index < -0.39 is 5.60 Å². The van der Waals surface area contributed by atoms with Gasteiger partial charge in [-0.15, -0.1) is 0 Å². The molecule has 0 atom stereocenters. The largest absolute Gasteiger partial charge is 0.444 e. The maximum Gasteiger partial charge on any atom is 0.410 e. The Morgan fingerprint density at radius 2 is 1.09 bits per heavy atom. The van der Waals surface area contributed by atoms with Crippen LogP contribution in [0.2, 0.25) is 0 Å². The average Bonchev–Trinajstić information content (AvgIpc) is 3.16. The molecule has 11 nitrogen and oxygen atoms in total. The highest BCUT2D eigenvalue weighted by molar-refractivity contribution is 5.74. The summed E-state index contributed by atoms with van der Waals surface area (Å²) >= 11 is 0. The molecule has 0 saturated carbocycles. The van der Waals surface area contributed by atoms with Crippen LogP contribution < -0.4 is 11.1 Å². The van der Waals surface area contributed by atoms with Crippen molar-refractivity contribution in [1.29, 1.82) is 0 Å². The number of hydrogen-bond acceptors (Lipinski definition) is 7. The first-order chi connectivity index (χ1) is 26.2. The molecule has 55 heavy (non-hydrogen) atoms. The highest BCUT2D eigenvalue weighted by Gasteiger charge is 2.31. The van der Waals surface area contributed by atoms with Gasteiger partial charge in [-0.05, 0) is 103 Å². The Kier molecular flexibility index (Phi) is 19.7. The Hall–Kier alpha value is -3.96. The molecule has 3 aliphatic heterocycles. The molecule has 3 saturated heterocycles. The van der Waals surface area contributed by atoms with Crippen LogP contribution in [0.5, 0.6) is 0 Å². The summed E-state index contributed by atoms with van der Waals surface area (Å²) in [6.07, 6.45) is 9.62. The van der Waals surface area contributed by atoms with Gasteiger partial charge in [0.15, 0.2) is 0 Å². The Bertz CT molecular complexity index is 1410. The number of benzene rings is 2. The maximum atomic E-state index is 12.7. The van der Waals surface area contributed by atoms with E-state index in [0.717, 1.165) is 90.5 Å². The van der Waals surface area contributed by atoms with Gasteiger partial charge in [0.25, 0.3) is 0 Å². The first kappa shape index (κ1) is 45.4. The van der Waals surface area contributed by atoms with Gasteiger partial charge in [-0.25, -0.2) is 4.79 Å². The minimum absolute atomic E-state index is 0.108. The van der Waals surface area contributed by atoms with Gasteiger partial charge < -0.3 is 35.4 Å². The molecular weight excluding hydrogens is 693 g/mol. The van der Waals surface area contributed by atoms with E-state index in [9.17, 15) is 19.2 Å². The summed E-state index contributed by atoms with van der Waals surface area (Å²) in [5.41, 5.74) is 7.85. The fraction of sp³-hybridized carbons (Fsp3) is 0.636. The van der Waals surface area contributed by atoms with Crippen molar-refractivity contribution in [3.8, 4) is 0 Å². The van der Waals surface area contributed by atoms with E-state index in [0.29, 0.717) is 31.7 Å². The van der Waals surface area contributed by atoms with Crippen LogP contribution in [0.3, 0.4) is 0 Å². The van der Waals surface area contributed by atoms with Crippen LogP contribution in [0.25, 0.3) is 0 Å². The molecule has 3 fully saturated rings. The fourth-order valence-electron chi connectivity index (χ4n) is 7.19. The predicted molar refractivity (Wildman–Crippen MR) is 220 cm³/mol. The average molecular weight is 763 g/mol. The minimum atomic E-state index is -0.505. The SMILES string of the molecule is CC(=O)N1CCC(N(CCCc2ccccc2)C(=O)OC(C)(C)C)CC1.CC(=O)N1CCC(N)CC1.CC(=O)N1CCC(NCCCc2ccccc2)CC1. The number of ether oxygens (including phenoxy) is 1. The summed E-state index contributed by atoms with van der Waals surface area (Å²) in [5, 5.41) is 3.61. The molecule has 0 radical (unpaired) electrons. The van der Waals surface area contributed by atoms with Gasteiger partial charge in [0.2, 0.25) is 17.7 Å². The molecule has 3 N–H and O–H groups in total. The zero-order valence-electron chi connectivity index (χ0n) is 34.6. The van der Waals surface area contributed by atoms with Gasteiger partial charge >= 0.3 is 6.09 Å². The van der Waals surface area contributed by atoms with Gasteiger partial charge in [-0.2, -0.15) is 0 Å². The lowest BCUT2D eigenvalue weighted by atomic mass is 10.0. The van der Waals surface area contributed by atoms with Gasteiger partial charge in [-0.1, -0.05) is 60.7 Å². The maximum absolute atomic E-state index is 12.7. The summed E-state index contributed by atoms with van der Waals surface area (Å²) in [6.45, 7) is 17.2. The number of hydrogen-bond donors (Lipinski definition) is 2. The predicted octanol–water partition coefficient (Wildman–Crippen LogP) is 6.04. The zero-order chi connectivity index (χ0) is 40.2. The number of piperidine rings is 3. The molecule has 0 bridgehead atoms. The summed E-state index contributed by atoms with van der Waals surface area (Å²) in [7, 11) is 0. The molecule has 2 aromatic carbocycles. The van der Waals surface area contributed by atoms with Crippen molar-refractivity contribution < 1.29 is 23.9 Å². The molecule has 0 aromatic heterocycles. The molecule has 4 amide bonds. The number of nitrogens with one attached hydrogen (secondary N) is 1. The third-order valence-corrected chi connectivity index (χ3v) is 10.5. The number of carbonyl (C=O) groups excluding carboxylic acids is 4. The van der Waals surface area contributed by atoms with Crippen LogP contribution in [0.1, 0.15) is 104 Å². The summed E-state index contributed by atoms with van der Waals surface area (Å²) in [5.74, 6) is 0.491. The van der Waals surface area contributed by atoms with Crippen LogP contribution in [0, 0.1) is 0 Å². The number of carbonyl (C=O) groups is 4. The Morgan fingerprint density at radius 3 is 1.53 bits per heavy atom. The van der Waals surface area contributed by atoms with Gasteiger partial charge in [0.1, 0.15) is 5.60 Å². The van der Waals surface area contributed by atoms with Crippen molar-refractivity contribution in [3.05, 3.63) is 71.8 Å². The van der Waals surface area contributed by atoms with E-state index in [1.165, 1.54) is 17.5 Å². The highest BCUT2D eigenvalue weighted by atomic mass is 16.6. The van der Waals surface area contributed by atoms with Crippen LogP contribution in [0.15, 0.2) is 60.7 Å². The fourth-order valence-corrected chi connectivity index (χ4v) is 7.19. The molecule has 0 spiro atoms. The Balaban J connectivity index is 0.000000244. The van der Waals surface area contributed by atoms with Gasteiger partial charge in [-0.3, -0.25) is 14.4 Å².